The highest BCUT2D eigenvalue weighted by Gasteiger charge is 2.23. The van der Waals surface area contributed by atoms with E-state index in [1.165, 1.54) is 0 Å². The Kier molecular flexibility index (Phi) is 5.11. The standard InChI is InChI=1S/C20H24O5/c1-4-5-11-23-19(21)13(3)24-17-10-9-15-14-7-6-8-16(14)20(22)25-18(15)12(17)2/h9-10,13H,4-8,11H2,1-3H3/t13-/m1/s1. The van der Waals surface area contributed by atoms with Crippen molar-refractivity contribution in [3.05, 3.63) is 39.2 Å². The summed E-state index contributed by atoms with van der Waals surface area (Å²) in [4.78, 5) is 24.2. The minimum atomic E-state index is -0.714. The molecule has 134 valence electrons. The van der Waals surface area contributed by atoms with Crippen LogP contribution < -0.4 is 10.4 Å². The molecule has 0 N–H and O–H groups in total. The molecule has 0 saturated heterocycles. The molecule has 0 fully saturated rings. The van der Waals surface area contributed by atoms with Gasteiger partial charge in [-0.25, -0.2) is 9.59 Å². The van der Waals surface area contributed by atoms with Gasteiger partial charge in [0.2, 0.25) is 0 Å². The number of carbonyl (C=O) groups excluding carboxylic acids is 1. The van der Waals surface area contributed by atoms with Crippen LogP contribution in [0.1, 0.15) is 49.8 Å². The second-order valence-electron chi connectivity index (χ2n) is 6.55. The average Bonchev–Trinajstić information content (AvgIpc) is 3.08. The maximum atomic E-state index is 12.2. The van der Waals surface area contributed by atoms with E-state index in [0.717, 1.165) is 54.2 Å². The molecule has 0 radical (unpaired) electrons. The topological polar surface area (TPSA) is 65.7 Å². The number of ether oxygens (including phenoxy) is 2. The summed E-state index contributed by atoms with van der Waals surface area (Å²) in [6, 6.07) is 3.76. The molecular weight excluding hydrogens is 320 g/mol. The highest BCUT2D eigenvalue weighted by Crippen LogP contribution is 2.33. The van der Waals surface area contributed by atoms with Crippen molar-refractivity contribution in [1.82, 2.24) is 0 Å². The Labute approximate surface area is 146 Å². The van der Waals surface area contributed by atoms with Gasteiger partial charge in [0.1, 0.15) is 11.3 Å². The van der Waals surface area contributed by atoms with Gasteiger partial charge in [-0.1, -0.05) is 13.3 Å². The summed E-state index contributed by atoms with van der Waals surface area (Å²) < 4.78 is 16.5. The first-order valence-electron chi connectivity index (χ1n) is 8.94. The molecule has 0 unspecified atom stereocenters. The summed E-state index contributed by atoms with van der Waals surface area (Å²) in [6.45, 7) is 5.95. The SMILES string of the molecule is CCCCOC(=O)[C@@H](C)Oc1ccc2c3c(c(=O)oc2c1C)CCC3. The summed E-state index contributed by atoms with van der Waals surface area (Å²) in [5, 5.41) is 0.968. The zero-order valence-corrected chi connectivity index (χ0v) is 15.0. The second kappa shape index (κ2) is 7.30. The number of hydrogen-bond donors (Lipinski definition) is 0. The molecule has 0 amide bonds. The van der Waals surface area contributed by atoms with E-state index >= 15 is 0 Å². The molecule has 0 bridgehead atoms. The first-order valence-corrected chi connectivity index (χ1v) is 8.94. The van der Waals surface area contributed by atoms with Crippen molar-refractivity contribution in [2.24, 2.45) is 0 Å². The van der Waals surface area contributed by atoms with Gasteiger partial charge < -0.3 is 13.9 Å². The van der Waals surface area contributed by atoms with Crippen LogP contribution in [0.4, 0.5) is 0 Å². The first-order chi connectivity index (χ1) is 12.0. The number of esters is 1. The van der Waals surface area contributed by atoms with E-state index in [9.17, 15) is 9.59 Å². The van der Waals surface area contributed by atoms with Crippen LogP contribution in [-0.2, 0) is 22.4 Å². The number of unbranched alkanes of at least 4 members (excludes halogenated alkanes) is 1. The summed E-state index contributed by atoms with van der Waals surface area (Å²) >= 11 is 0. The Bertz CT molecular complexity index is 849. The number of benzene rings is 1. The molecule has 2 aromatic rings. The molecule has 0 saturated carbocycles. The smallest absolute Gasteiger partial charge is 0.347 e. The minimum Gasteiger partial charge on any atom is -0.479 e. The van der Waals surface area contributed by atoms with Crippen LogP contribution in [0.2, 0.25) is 0 Å². The van der Waals surface area contributed by atoms with Crippen molar-refractivity contribution in [2.75, 3.05) is 6.61 Å². The second-order valence-corrected chi connectivity index (χ2v) is 6.55. The lowest BCUT2D eigenvalue weighted by atomic mass is 10.0. The molecule has 3 rings (SSSR count). The maximum Gasteiger partial charge on any atom is 0.347 e. The zero-order valence-electron chi connectivity index (χ0n) is 15.0. The van der Waals surface area contributed by atoms with E-state index in [1.54, 1.807) is 6.92 Å². The van der Waals surface area contributed by atoms with Crippen LogP contribution in [0.25, 0.3) is 11.0 Å². The molecular formula is C20H24O5. The monoisotopic (exact) mass is 344 g/mol. The van der Waals surface area contributed by atoms with Gasteiger partial charge >= 0.3 is 11.6 Å². The molecule has 5 heteroatoms. The van der Waals surface area contributed by atoms with E-state index in [1.807, 2.05) is 26.0 Å². The largest absolute Gasteiger partial charge is 0.479 e. The highest BCUT2D eigenvalue weighted by molar-refractivity contribution is 5.86. The van der Waals surface area contributed by atoms with E-state index in [-0.39, 0.29) is 11.6 Å². The predicted octanol–water partition coefficient (Wildman–Crippen LogP) is 3.70. The normalized spacial score (nSPS) is 14.4. The first kappa shape index (κ1) is 17.5. The molecule has 0 spiro atoms. The Balaban J connectivity index is 1.86. The van der Waals surface area contributed by atoms with Gasteiger partial charge in [-0.3, -0.25) is 0 Å². The molecule has 1 atom stereocenters. The molecule has 25 heavy (non-hydrogen) atoms. The number of fused-ring (bicyclic) bond motifs is 3. The summed E-state index contributed by atoms with van der Waals surface area (Å²) in [5.41, 5.74) is 2.92. The highest BCUT2D eigenvalue weighted by atomic mass is 16.6. The fraction of sp³-hybridized carbons (Fsp3) is 0.500. The van der Waals surface area contributed by atoms with E-state index in [0.29, 0.717) is 17.9 Å². The molecule has 5 nitrogen and oxygen atoms in total. The molecule has 1 heterocycles. The average molecular weight is 344 g/mol. The number of hydrogen-bond acceptors (Lipinski definition) is 5. The van der Waals surface area contributed by atoms with Crippen LogP contribution in [0, 0.1) is 6.92 Å². The van der Waals surface area contributed by atoms with Gasteiger partial charge in [-0.15, -0.1) is 0 Å². The zero-order chi connectivity index (χ0) is 18.0. The number of rotatable bonds is 6. The third kappa shape index (κ3) is 3.41. The molecule has 1 aromatic carbocycles. The molecule has 1 aromatic heterocycles. The Morgan fingerprint density at radius 3 is 2.80 bits per heavy atom. The Morgan fingerprint density at radius 2 is 2.04 bits per heavy atom. The lowest BCUT2D eigenvalue weighted by molar-refractivity contribution is -0.151. The van der Waals surface area contributed by atoms with Crippen LogP contribution in [0.5, 0.6) is 5.75 Å². The lowest BCUT2D eigenvalue weighted by Crippen LogP contribution is -2.26. The minimum absolute atomic E-state index is 0.257. The summed E-state index contributed by atoms with van der Waals surface area (Å²) in [6.07, 6.45) is 3.76. The van der Waals surface area contributed by atoms with E-state index in [2.05, 4.69) is 0 Å². The molecule has 0 aliphatic heterocycles. The summed E-state index contributed by atoms with van der Waals surface area (Å²) in [7, 11) is 0. The van der Waals surface area contributed by atoms with Gasteiger partial charge in [0.25, 0.3) is 0 Å². The van der Waals surface area contributed by atoms with Gasteiger partial charge in [0.15, 0.2) is 6.10 Å². The quantitative estimate of drug-likeness (QED) is 0.454. The van der Waals surface area contributed by atoms with Crippen LogP contribution >= 0.6 is 0 Å². The molecule has 1 aliphatic rings. The van der Waals surface area contributed by atoms with Crippen molar-refractivity contribution in [1.29, 1.82) is 0 Å². The maximum absolute atomic E-state index is 12.2. The third-order valence-corrected chi connectivity index (χ3v) is 4.72. The lowest BCUT2D eigenvalue weighted by Gasteiger charge is -2.16. The van der Waals surface area contributed by atoms with Crippen molar-refractivity contribution >= 4 is 16.9 Å². The van der Waals surface area contributed by atoms with Crippen molar-refractivity contribution in [3.63, 3.8) is 0 Å². The summed E-state index contributed by atoms with van der Waals surface area (Å²) in [5.74, 6) is 0.150. The van der Waals surface area contributed by atoms with Crippen molar-refractivity contribution in [3.8, 4) is 5.75 Å². The predicted molar refractivity (Wildman–Crippen MR) is 95.2 cm³/mol. The number of aryl methyl sites for hydroxylation is 2. The van der Waals surface area contributed by atoms with Gasteiger partial charge in [-0.05, 0) is 57.2 Å². The van der Waals surface area contributed by atoms with Gasteiger partial charge in [0.05, 0.1) is 6.61 Å². The van der Waals surface area contributed by atoms with Crippen LogP contribution in [-0.4, -0.2) is 18.7 Å². The fourth-order valence-electron chi connectivity index (χ4n) is 3.26. The van der Waals surface area contributed by atoms with Gasteiger partial charge in [0, 0.05) is 16.5 Å². The Hall–Kier alpha value is -2.30. The molecule has 1 aliphatic carbocycles. The van der Waals surface area contributed by atoms with E-state index in [4.69, 9.17) is 13.9 Å². The van der Waals surface area contributed by atoms with Crippen LogP contribution in [0.3, 0.4) is 0 Å². The number of carbonyl (C=O) groups is 1. The third-order valence-electron chi connectivity index (χ3n) is 4.72. The van der Waals surface area contributed by atoms with Crippen molar-refractivity contribution < 1.29 is 18.7 Å². The van der Waals surface area contributed by atoms with Crippen LogP contribution in [0.15, 0.2) is 21.3 Å². The van der Waals surface area contributed by atoms with Gasteiger partial charge in [-0.2, -0.15) is 0 Å². The van der Waals surface area contributed by atoms with E-state index < -0.39 is 6.10 Å². The fourth-order valence-corrected chi connectivity index (χ4v) is 3.26. The Morgan fingerprint density at radius 1 is 1.28 bits per heavy atom. The van der Waals surface area contributed by atoms with Crippen molar-refractivity contribution in [2.45, 2.75) is 59.0 Å².